The van der Waals surface area contributed by atoms with Crippen LogP contribution in [0.5, 0.6) is 0 Å². The summed E-state index contributed by atoms with van der Waals surface area (Å²) >= 11 is 0. The number of hydrogen-bond acceptors (Lipinski definition) is 5. The topological polar surface area (TPSA) is 93.9 Å². The molecule has 2 aliphatic rings. The minimum atomic E-state index is -0.452. The highest BCUT2D eigenvalue weighted by atomic mass is 16.5. The SMILES string of the molecule is CCCn1cc([C@H]2C(C#N)=C(N)OC3=C2C(=O)CCC3)cn1. The number of nitrogens with two attached hydrogens (primary N) is 1. The first-order chi connectivity index (χ1) is 10.7. The fraction of sp³-hybridized carbons (Fsp3) is 0.438. The summed E-state index contributed by atoms with van der Waals surface area (Å²) in [5.74, 6) is 0.298. The van der Waals surface area contributed by atoms with E-state index in [1.807, 2.05) is 10.9 Å². The molecule has 0 aromatic carbocycles. The van der Waals surface area contributed by atoms with Crippen molar-refractivity contribution in [3.05, 3.63) is 40.7 Å². The van der Waals surface area contributed by atoms with E-state index in [4.69, 9.17) is 10.5 Å². The summed E-state index contributed by atoms with van der Waals surface area (Å²) in [4.78, 5) is 12.4. The van der Waals surface area contributed by atoms with Gasteiger partial charge < -0.3 is 10.5 Å². The number of carbonyl (C=O) groups excluding carboxylic acids is 1. The van der Waals surface area contributed by atoms with E-state index >= 15 is 0 Å². The Kier molecular flexibility index (Phi) is 3.72. The molecule has 0 amide bonds. The Morgan fingerprint density at radius 2 is 2.36 bits per heavy atom. The second-order valence-corrected chi connectivity index (χ2v) is 5.58. The largest absolute Gasteiger partial charge is 0.444 e. The maximum atomic E-state index is 12.4. The molecule has 6 nitrogen and oxygen atoms in total. The third-order valence-corrected chi connectivity index (χ3v) is 4.04. The molecule has 1 aliphatic heterocycles. The number of aryl methyl sites for hydroxylation is 1. The van der Waals surface area contributed by atoms with Gasteiger partial charge in [-0.2, -0.15) is 10.4 Å². The molecule has 0 spiro atoms. The molecule has 0 saturated carbocycles. The smallest absolute Gasteiger partial charge is 0.205 e. The van der Waals surface area contributed by atoms with Gasteiger partial charge in [0.05, 0.1) is 12.1 Å². The molecule has 1 aromatic heterocycles. The third-order valence-electron chi connectivity index (χ3n) is 4.04. The van der Waals surface area contributed by atoms with Crippen LogP contribution in [0.15, 0.2) is 35.2 Å². The number of allylic oxidation sites excluding steroid dienone is 3. The molecular weight excluding hydrogens is 280 g/mol. The van der Waals surface area contributed by atoms with Gasteiger partial charge in [-0.25, -0.2) is 0 Å². The molecule has 114 valence electrons. The number of ketones is 1. The Bertz CT molecular complexity index is 721. The van der Waals surface area contributed by atoms with Gasteiger partial charge in [0.15, 0.2) is 5.78 Å². The third kappa shape index (κ3) is 2.29. The van der Waals surface area contributed by atoms with E-state index < -0.39 is 5.92 Å². The van der Waals surface area contributed by atoms with Crippen LogP contribution in [0, 0.1) is 11.3 Å². The predicted molar refractivity (Wildman–Crippen MR) is 79.1 cm³/mol. The van der Waals surface area contributed by atoms with Crippen molar-refractivity contribution < 1.29 is 9.53 Å². The average molecular weight is 298 g/mol. The average Bonchev–Trinajstić information content (AvgIpc) is 2.95. The van der Waals surface area contributed by atoms with E-state index in [-0.39, 0.29) is 11.7 Å². The van der Waals surface area contributed by atoms with E-state index in [1.54, 1.807) is 6.20 Å². The van der Waals surface area contributed by atoms with Crippen molar-refractivity contribution >= 4 is 5.78 Å². The van der Waals surface area contributed by atoms with Gasteiger partial charge in [0.25, 0.3) is 0 Å². The first-order valence-corrected chi connectivity index (χ1v) is 7.51. The zero-order chi connectivity index (χ0) is 15.7. The minimum absolute atomic E-state index is 0.0368. The van der Waals surface area contributed by atoms with Crippen LogP contribution >= 0.6 is 0 Å². The number of carbonyl (C=O) groups is 1. The van der Waals surface area contributed by atoms with Crippen molar-refractivity contribution in [3.63, 3.8) is 0 Å². The first kappa shape index (κ1) is 14.4. The lowest BCUT2D eigenvalue weighted by atomic mass is 9.78. The number of Topliss-reactive ketones (excluding diaryl/α,β-unsaturated/α-hetero) is 1. The van der Waals surface area contributed by atoms with Crippen molar-refractivity contribution in [3.8, 4) is 6.07 Å². The zero-order valence-corrected chi connectivity index (χ0v) is 12.5. The standard InChI is InChI=1S/C16H18N4O2/c1-2-6-20-9-10(8-19-20)14-11(7-17)16(18)22-13-5-3-4-12(21)15(13)14/h8-9,14H,2-6,18H2,1H3/t14-/m0/s1. The number of nitriles is 1. The Balaban J connectivity index is 2.09. The fourth-order valence-electron chi connectivity index (χ4n) is 3.07. The molecule has 0 bridgehead atoms. The lowest BCUT2D eigenvalue weighted by molar-refractivity contribution is -0.116. The summed E-state index contributed by atoms with van der Waals surface area (Å²) < 4.78 is 7.36. The van der Waals surface area contributed by atoms with Gasteiger partial charge in [-0.1, -0.05) is 6.92 Å². The molecular formula is C16H18N4O2. The summed E-state index contributed by atoms with van der Waals surface area (Å²) in [6.45, 7) is 2.86. The number of ether oxygens (including phenoxy) is 1. The number of aromatic nitrogens is 2. The molecule has 6 heteroatoms. The fourth-order valence-corrected chi connectivity index (χ4v) is 3.07. The van der Waals surface area contributed by atoms with Crippen LogP contribution in [0.3, 0.4) is 0 Å². The zero-order valence-electron chi connectivity index (χ0n) is 12.5. The van der Waals surface area contributed by atoms with Crippen molar-refractivity contribution in [2.24, 2.45) is 5.73 Å². The highest BCUT2D eigenvalue weighted by Gasteiger charge is 2.38. The molecule has 1 atom stereocenters. The molecule has 2 heterocycles. The second kappa shape index (κ2) is 5.68. The molecule has 22 heavy (non-hydrogen) atoms. The molecule has 3 rings (SSSR count). The molecule has 1 aromatic rings. The molecule has 0 unspecified atom stereocenters. The van der Waals surface area contributed by atoms with Crippen LogP contribution in [0.25, 0.3) is 0 Å². The Morgan fingerprint density at radius 3 is 3.09 bits per heavy atom. The molecule has 0 saturated heterocycles. The normalized spacial score (nSPS) is 21.5. The minimum Gasteiger partial charge on any atom is -0.444 e. The summed E-state index contributed by atoms with van der Waals surface area (Å²) in [5.41, 5.74) is 7.59. The summed E-state index contributed by atoms with van der Waals surface area (Å²) in [5, 5.41) is 13.8. The van der Waals surface area contributed by atoms with Gasteiger partial charge in [0.2, 0.25) is 5.88 Å². The maximum Gasteiger partial charge on any atom is 0.205 e. The maximum absolute atomic E-state index is 12.4. The van der Waals surface area contributed by atoms with E-state index in [0.717, 1.165) is 24.9 Å². The Morgan fingerprint density at radius 1 is 1.55 bits per heavy atom. The summed E-state index contributed by atoms with van der Waals surface area (Å²) in [7, 11) is 0. The van der Waals surface area contributed by atoms with E-state index in [2.05, 4.69) is 18.1 Å². The molecule has 0 radical (unpaired) electrons. The molecule has 2 N–H and O–H groups in total. The van der Waals surface area contributed by atoms with Crippen LogP contribution < -0.4 is 5.73 Å². The molecule has 1 aliphatic carbocycles. The van der Waals surface area contributed by atoms with Crippen LogP contribution in [0.2, 0.25) is 0 Å². The van der Waals surface area contributed by atoms with E-state index in [0.29, 0.717) is 29.7 Å². The lowest BCUT2D eigenvalue weighted by Gasteiger charge is -2.30. The number of nitrogens with zero attached hydrogens (tertiary/aromatic N) is 3. The quantitative estimate of drug-likeness (QED) is 0.922. The van der Waals surface area contributed by atoms with E-state index in [1.165, 1.54) is 0 Å². The lowest BCUT2D eigenvalue weighted by Crippen LogP contribution is -2.27. The van der Waals surface area contributed by atoms with Crippen LogP contribution in [0.1, 0.15) is 44.1 Å². The summed E-state index contributed by atoms with van der Waals surface area (Å²) in [6, 6.07) is 2.10. The van der Waals surface area contributed by atoms with Gasteiger partial charge in [-0.05, 0) is 12.8 Å². The van der Waals surface area contributed by atoms with Crippen LogP contribution in [-0.2, 0) is 16.1 Å². The second-order valence-electron chi connectivity index (χ2n) is 5.58. The van der Waals surface area contributed by atoms with Gasteiger partial charge in [-0.15, -0.1) is 0 Å². The monoisotopic (exact) mass is 298 g/mol. The van der Waals surface area contributed by atoms with Gasteiger partial charge >= 0.3 is 0 Å². The van der Waals surface area contributed by atoms with E-state index in [9.17, 15) is 10.1 Å². The van der Waals surface area contributed by atoms with Crippen molar-refractivity contribution in [2.75, 3.05) is 0 Å². The summed E-state index contributed by atoms with van der Waals surface area (Å²) in [6.07, 6.45) is 6.49. The van der Waals surface area contributed by atoms with Gasteiger partial charge in [0.1, 0.15) is 17.4 Å². The van der Waals surface area contributed by atoms with Crippen molar-refractivity contribution in [1.29, 1.82) is 5.26 Å². The number of rotatable bonds is 3. The Hall–Kier alpha value is -2.55. The van der Waals surface area contributed by atoms with Gasteiger partial charge in [-0.3, -0.25) is 9.48 Å². The molecule has 0 fully saturated rings. The van der Waals surface area contributed by atoms with Crippen molar-refractivity contribution in [2.45, 2.75) is 45.1 Å². The highest BCUT2D eigenvalue weighted by Crippen LogP contribution is 2.43. The number of hydrogen-bond donors (Lipinski definition) is 1. The highest BCUT2D eigenvalue weighted by molar-refractivity contribution is 5.99. The van der Waals surface area contributed by atoms with Crippen LogP contribution in [0.4, 0.5) is 0 Å². The first-order valence-electron chi connectivity index (χ1n) is 7.51. The van der Waals surface area contributed by atoms with Gasteiger partial charge in [0, 0.05) is 36.7 Å². The van der Waals surface area contributed by atoms with Crippen LogP contribution in [-0.4, -0.2) is 15.6 Å². The Labute approximate surface area is 128 Å². The predicted octanol–water partition coefficient (Wildman–Crippen LogP) is 2.11. The van der Waals surface area contributed by atoms with Crippen molar-refractivity contribution in [1.82, 2.24) is 9.78 Å².